The summed E-state index contributed by atoms with van der Waals surface area (Å²) in [7, 11) is 1.64. The van der Waals surface area contributed by atoms with Gasteiger partial charge in [-0.05, 0) is 30.2 Å². The second-order valence-electron chi connectivity index (χ2n) is 5.38. The third kappa shape index (κ3) is 3.69. The number of nitrogens with one attached hydrogen (secondary N) is 1. The molecule has 4 nitrogen and oxygen atoms in total. The van der Waals surface area contributed by atoms with Gasteiger partial charge < -0.3 is 5.32 Å². The predicted octanol–water partition coefficient (Wildman–Crippen LogP) is 2.70. The van der Waals surface area contributed by atoms with Crippen molar-refractivity contribution in [3.8, 4) is 0 Å². The Balaban J connectivity index is 2.25. The zero-order chi connectivity index (χ0) is 17.3. The topological polar surface area (TPSA) is 46.9 Å². The SMILES string of the molecule is Cn1cc(CC(=O)N[C@@](C)(c2ccc(F)cc2)C(F)(F)F)cn1. The van der Waals surface area contributed by atoms with Crippen molar-refractivity contribution in [2.75, 3.05) is 0 Å². The molecule has 0 bridgehead atoms. The molecule has 2 rings (SSSR count). The number of rotatable bonds is 4. The normalized spacial score (nSPS) is 14.3. The summed E-state index contributed by atoms with van der Waals surface area (Å²) in [5.41, 5.74) is -2.36. The number of hydrogen-bond acceptors (Lipinski definition) is 2. The number of nitrogens with zero attached hydrogens (tertiary/aromatic N) is 2. The van der Waals surface area contributed by atoms with Crippen molar-refractivity contribution in [3.05, 3.63) is 53.6 Å². The number of alkyl halides is 3. The molecule has 1 N–H and O–H groups in total. The number of carbonyl (C=O) groups excluding carboxylic acids is 1. The fourth-order valence-corrected chi connectivity index (χ4v) is 2.16. The highest BCUT2D eigenvalue weighted by atomic mass is 19.4. The van der Waals surface area contributed by atoms with Crippen LogP contribution in [0.25, 0.3) is 0 Å². The minimum absolute atomic E-state index is 0.235. The van der Waals surface area contributed by atoms with E-state index in [2.05, 4.69) is 5.10 Å². The molecule has 1 aromatic carbocycles. The van der Waals surface area contributed by atoms with Gasteiger partial charge in [-0.3, -0.25) is 9.48 Å². The van der Waals surface area contributed by atoms with E-state index in [0.717, 1.165) is 31.2 Å². The number of benzene rings is 1. The lowest BCUT2D eigenvalue weighted by Crippen LogP contribution is -2.54. The molecular weight excluding hydrogens is 314 g/mol. The highest BCUT2D eigenvalue weighted by Crippen LogP contribution is 2.38. The molecule has 1 heterocycles. The van der Waals surface area contributed by atoms with Crippen molar-refractivity contribution in [1.82, 2.24) is 15.1 Å². The van der Waals surface area contributed by atoms with Crippen LogP contribution in [0.1, 0.15) is 18.1 Å². The van der Waals surface area contributed by atoms with E-state index in [9.17, 15) is 22.4 Å². The molecule has 1 aromatic heterocycles. The monoisotopic (exact) mass is 329 g/mol. The molecule has 0 spiro atoms. The molecule has 1 atom stereocenters. The van der Waals surface area contributed by atoms with Crippen LogP contribution >= 0.6 is 0 Å². The highest BCUT2D eigenvalue weighted by molar-refractivity contribution is 5.79. The zero-order valence-electron chi connectivity index (χ0n) is 12.5. The Kier molecular flexibility index (Phi) is 4.44. The predicted molar refractivity (Wildman–Crippen MR) is 74.9 cm³/mol. The van der Waals surface area contributed by atoms with Gasteiger partial charge in [0.05, 0.1) is 12.6 Å². The first kappa shape index (κ1) is 17.0. The number of hydrogen-bond donors (Lipinski definition) is 1. The third-order valence-corrected chi connectivity index (χ3v) is 3.50. The molecule has 8 heteroatoms. The van der Waals surface area contributed by atoms with Gasteiger partial charge in [0, 0.05) is 13.2 Å². The van der Waals surface area contributed by atoms with Gasteiger partial charge in [0.15, 0.2) is 5.54 Å². The third-order valence-electron chi connectivity index (χ3n) is 3.50. The lowest BCUT2D eigenvalue weighted by Gasteiger charge is -2.33. The minimum Gasteiger partial charge on any atom is -0.338 e. The van der Waals surface area contributed by atoms with Crippen LogP contribution in [0.4, 0.5) is 17.6 Å². The van der Waals surface area contributed by atoms with Gasteiger partial charge >= 0.3 is 6.18 Å². The molecule has 0 saturated heterocycles. The van der Waals surface area contributed by atoms with E-state index in [1.54, 1.807) is 13.2 Å². The van der Waals surface area contributed by atoms with Gasteiger partial charge in [-0.2, -0.15) is 18.3 Å². The van der Waals surface area contributed by atoms with Gasteiger partial charge in [-0.25, -0.2) is 4.39 Å². The molecule has 0 fully saturated rings. The first-order chi connectivity index (χ1) is 10.6. The zero-order valence-corrected chi connectivity index (χ0v) is 12.5. The van der Waals surface area contributed by atoms with Gasteiger partial charge in [0.1, 0.15) is 5.82 Å². The standard InChI is InChI=1S/C15H15F4N3O/c1-14(15(17,18)19,11-3-5-12(16)6-4-11)21-13(23)7-10-8-20-22(2)9-10/h3-6,8-9H,7H2,1-2H3,(H,21,23)/t14-/m0/s1. The first-order valence-corrected chi connectivity index (χ1v) is 6.73. The van der Waals surface area contributed by atoms with Crippen LogP contribution < -0.4 is 5.32 Å². The maximum Gasteiger partial charge on any atom is 0.415 e. The number of halogens is 4. The van der Waals surface area contributed by atoms with E-state index >= 15 is 0 Å². The van der Waals surface area contributed by atoms with Gasteiger partial charge in [-0.1, -0.05) is 12.1 Å². The second-order valence-corrected chi connectivity index (χ2v) is 5.38. The molecule has 0 saturated carbocycles. The molecular formula is C15H15F4N3O. The Labute approximate surface area is 130 Å². The van der Waals surface area contributed by atoms with E-state index < -0.39 is 23.4 Å². The van der Waals surface area contributed by atoms with Crippen molar-refractivity contribution >= 4 is 5.91 Å². The molecule has 1 amide bonds. The van der Waals surface area contributed by atoms with E-state index in [-0.39, 0.29) is 12.0 Å². The molecule has 0 aliphatic rings. The van der Waals surface area contributed by atoms with Gasteiger partial charge in [0.2, 0.25) is 5.91 Å². The Bertz CT molecular complexity index is 693. The summed E-state index contributed by atoms with van der Waals surface area (Å²) in [6.45, 7) is 0.849. The molecule has 23 heavy (non-hydrogen) atoms. The average Bonchev–Trinajstić information content (AvgIpc) is 2.83. The maximum absolute atomic E-state index is 13.5. The van der Waals surface area contributed by atoms with Crippen molar-refractivity contribution in [2.24, 2.45) is 7.05 Å². The summed E-state index contributed by atoms with van der Waals surface area (Å²) >= 11 is 0. The Hall–Kier alpha value is -2.38. The van der Waals surface area contributed by atoms with Gasteiger partial charge in [-0.15, -0.1) is 0 Å². The van der Waals surface area contributed by atoms with Crippen molar-refractivity contribution in [1.29, 1.82) is 0 Å². The summed E-state index contributed by atoms with van der Waals surface area (Å²) in [6, 6.07) is 3.86. The van der Waals surface area contributed by atoms with Crippen molar-refractivity contribution in [3.63, 3.8) is 0 Å². The van der Waals surface area contributed by atoms with Gasteiger partial charge in [0.25, 0.3) is 0 Å². The van der Waals surface area contributed by atoms with Crippen LogP contribution in [-0.2, 0) is 23.8 Å². The largest absolute Gasteiger partial charge is 0.415 e. The smallest absolute Gasteiger partial charge is 0.338 e. The van der Waals surface area contributed by atoms with E-state index in [1.807, 2.05) is 5.32 Å². The number of carbonyl (C=O) groups is 1. The highest BCUT2D eigenvalue weighted by Gasteiger charge is 2.53. The summed E-state index contributed by atoms with van der Waals surface area (Å²) < 4.78 is 54.8. The fourth-order valence-electron chi connectivity index (χ4n) is 2.16. The van der Waals surface area contributed by atoms with Crippen LogP contribution in [0.5, 0.6) is 0 Å². The van der Waals surface area contributed by atoms with E-state index in [1.165, 1.54) is 10.9 Å². The molecule has 0 aliphatic carbocycles. The molecule has 124 valence electrons. The summed E-state index contributed by atoms with van der Waals surface area (Å²) in [4.78, 5) is 12.0. The van der Waals surface area contributed by atoms with Crippen LogP contribution in [0, 0.1) is 5.82 Å². The Morgan fingerprint density at radius 3 is 2.35 bits per heavy atom. The minimum atomic E-state index is -4.74. The summed E-state index contributed by atoms with van der Waals surface area (Å²) in [5.74, 6) is -1.46. The van der Waals surface area contributed by atoms with E-state index in [4.69, 9.17) is 0 Å². The van der Waals surface area contributed by atoms with Crippen LogP contribution in [0.15, 0.2) is 36.7 Å². The maximum atomic E-state index is 13.5. The van der Waals surface area contributed by atoms with E-state index in [0.29, 0.717) is 5.56 Å². The quantitative estimate of drug-likeness (QED) is 0.877. The number of amides is 1. The second kappa shape index (κ2) is 6.02. The summed E-state index contributed by atoms with van der Waals surface area (Å²) in [5, 5.41) is 5.86. The lowest BCUT2D eigenvalue weighted by atomic mass is 9.90. The summed E-state index contributed by atoms with van der Waals surface area (Å²) in [6.07, 6.45) is -2.03. The number of aromatic nitrogens is 2. The van der Waals surface area contributed by atoms with Crippen LogP contribution in [-0.4, -0.2) is 21.9 Å². The first-order valence-electron chi connectivity index (χ1n) is 6.73. The van der Waals surface area contributed by atoms with Crippen molar-refractivity contribution < 1.29 is 22.4 Å². The molecule has 0 aliphatic heterocycles. The number of aryl methyl sites for hydroxylation is 1. The average molecular weight is 329 g/mol. The molecule has 2 aromatic rings. The van der Waals surface area contributed by atoms with Crippen LogP contribution in [0.2, 0.25) is 0 Å². The fraction of sp³-hybridized carbons (Fsp3) is 0.333. The molecule has 0 unspecified atom stereocenters. The Morgan fingerprint density at radius 2 is 1.87 bits per heavy atom. The lowest BCUT2D eigenvalue weighted by molar-refractivity contribution is -0.197. The molecule has 0 radical (unpaired) electrons. The van der Waals surface area contributed by atoms with Crippen LogP contribution in [0.3, 0.4) is 0 Å². The Morgan fingerprint density at radius 1 is 1.26 bits per heavy atom. The van der Waals surface area contributed by atoms with Crippen molar-refractivity contribution in [2.45, 2.75) is 25.1 Å².